The normalized spacial score (nSPS) is 10.7. The van der Waals surface area contributed by atoms with Crippen LogP contribution in [0.4, 0.5) is 0 Å². The first kappa shape index (κ1) is 12.5. The summed E-state index contributed by atoms with van der Waals surface area (Å²) in [6, 6.07) is 4.21. The molecule has 0 aliphatic rings. The van der Waals surface area contributed by atoms with Gasteiger partial charge in [0, 0.05) is 16.0 Å². The Morgan fingerprint density at radius 2 is 2.00 bits per heavy atom. The van der Waals surface area contributed by atoms with Crippen LogP contribution in [0.5, 0.6) is 0 Å². The number of nitrogens with zero attached hydrogens (tertiary/aromatic N) is 2. The summed E-state index contributed by atoms with van der Waals surface area (Å²) in [5.74, 6) is -0.295. The van der Waals surface area contributed by atoms with E-state index >= 15 is 0 Å². The number of fused-ring (bicyclic) bond motifs is 1. The van der Waals surface area contributed by atoms with Crippen LogP contribution in [-0.2, 0) is 16.1 Å². The SMILES string of the molecule is COC(=O)C[n+]1cc(C)c2cc(C)cc(C)c2n1. The summed E-state index contributed by atoms with van der Waals surface area (Å²) in [5.41, 5.74) is 4.38. The zero-order chi connectivity index (χ0) is 13.3. The summed E-state index contributed by atoms with van der Waals surface area (Å²) >= 11 is 0. The quantitative estimate of drug-likeness (QED) is 0.596. The molecule has 4 heteroatoms. The summed E-state index contributed by atoms with van der Waals surface area (Å²) in [6.07, 6.45) is 1.87. The van der Waals surface area contributed by atoms with Crippen molar-refractivity contribution in [1.29, 1.82) is 0 Å². The molecule has 0 saturated heterocycles. The molecule has 94 valence electrons. The Morgan fingerprint density at radius 1 is 1.28 bits per heavy atom. The lowest BCUT2D eigenvalue weighted by Crippen LogP contribution is -2.42. The number of hydrogen-bond acceptors (Lipinski definition) is 3. The maximum absolute atomic E-state index is 11.3. The Kier molecular flexibility index (Phi) is 3.28. The van der Waals surface area contributed by atoms with Crippen molar-refractivity contribution in [2.45, 2.75) is 27.3 Å². The number of carbonyl (C=O) groups excluding carboxylic acids is 1. The van der Waals surface area contributed by atoms with Crippen LogP contribution in [0.3, 0.4) is 0 Å². The van der Waals surface area contributed by atoms with E-state index in [9.17, 15) is 4.79 Å². The van der Waals surface area contributed by atoms with Crippen LogP contribution < -0.4 is 4.68 Å². The largest absolute Gasteiger partial charge is 0.464 e. The van der Waals surface area contributed by atoms with Crippen LogP contribution in [0.15, 0.2) is 18.3 Å². The van der Waals surface area contributed by atoms with Crippen molar-refractivity contribution in [3.8, 4) is 0 Å². The standard InChI is InChI=1S/C14H17N2O2/c1-9-5-10(2)14-12(6-9)11(3)7-16(15-14)8-13(17)18-4/h5-7H,8H2,1-4H3/q+1. The number of carbonyl (C=O) groups is 1. The fraction of sp³-hybridized carbons (Fsp3) is 0.357. The predicted octanol–water partition coefficient (Wildman–Crippen LogP) is 1.62. The number of methoxy groups -OCH3 is 1. The van der Waals surface area contributed by atoms with Crippen molar-refractivity contribution in [1.82, 2.24) is 5.10 Å². The molecule has 0 atom stereocenters. The molecular weight excluding hydrogens is 228 g/mol. The monoisotopic (exact) mass is 245 g/mol. The lowest BCUT2D eigenvalue weighted by molar-refractivity contribution is -0.741. The second-order valence-corrected chi connectivity index (χ2v) is 4.56. The third kappa shape index (κ3) is 2.32. The lowest BCUT2D eigenvalue weighted by atomic mass is 10.0. The fourth-order valence-corrected chi connectivity index (χ4v) is 2.12. The van der Waals surface area contributed by atoms with Gasteiger partial charge in [-0.2, -0.15) is 0 Å². The average Bonchev–Trinajstić information content (AvgIpc) is 2.30. The van der Waals surface area contributed by atoms with Crippen LogP contribution in [0, 0.1) is 20.8 Å². The van der Waals surface area contributed by atoms with Gasteiger partial charge < -0.3 is 4.74 Å². The van der Waals surface area contributed by atoms with E-state index < -0.39 is 0 Å². The Bertz CT molecular complexity index is 621. The molecule has 0 saturated carbocycles. The van der Waals surface area contributed by atoms with E-state index in [1.54, 1.807) is 4.68 Å². The van der Waals surface area contributed by atoms with Crippen molar-refractivity contribution in [3.63, 3.8) is 0 Å². The summed E-state index contributed by atoms with van der Waals surface area (Å²) < 4.78 is 6.29. The van der Waals surface area contributed by atoms with E-state index in [1.165, 1.54) is 12.7 Å². The van der Waals surface area contributed by atoms with Gasteiger partial charge in [0.1, 0.15) is 5.52 Å². The molecule has 0 N–H and O–H groups in total. The van der Waals surface area contributed by atoms with Crippen molar-refractivity contribution in [2.75, 3.05) is 7.11 Å². The van der Waals surface area contributed by atoms with E-state index in [2.05, 4.69) is 28.9 Å². The number of esters is 1. The topological polar surface area (TPSA) is 43.1 Å². The first-order valence-electron chi connectivity index (χ1n) is 5.86. The second-order valence-electron chi connectivity index (χ2n) is 4.56. The molecule has 0 unspecified atom stereocenters. The zero-order valence-corrected chi connectivity index (χ0v) is 11.2. The van der Waals surface area contributed by atoms with Crippen molar-refractivity contribution < 1.29 is 14.2 Å². The molecule has 0 radical (unpaired) electrons. The van der Waals surface area contributed by atoms with Crippen LogP contribution >= 0.6 is 0 Å². The minimum atomic E-state index is -0.295. The number of benzene rings is 1. The highest BCUT2D eigenvalue weighted by molar-refractivity contribution is 5.84. The molecule has 0 fully saturated rings. The maximum Gasteiger partial charge on any atom is 0.374 e. The molecule has 1 heterocycles. The minimum absolute atomic E-state index is 0.139. The van der Waals surface area contributed by atoms with E-state index in [1.807, 2.05) is 20.0 Å². The summed E-state index contributed by atoms with van der Waals surface area (Å²) in [5, 5.41) is 5.61. The molecule has 1 aromatic heterocycles. The van der Waals surface area contributed by atoms with Gasteiger partial charge in [0.25, 0.3) is 6.54 Å². The smallest absolute Gasteiger partial charge is 0.374 e. The van der Waals surface area contributed by atoms with E-state index in [-0.39, 0.29) is 12.5 Å². The Labute approximate surface area is 106 Å². The molecule has 1 aromatic carbocycles. The van der Waals surface area contributed by atoms with Gasteiger partial charge in [0.05, 0.1) is 7.11 Å². The highest BCUT2D eigenvalue weighted by atomic mass is 16.5. The minimum Gasteiger partial charge on any atom is -0.464 e. The predicted molar refractivity (Wildman–Crippen MR) is 68.2 cm³/mol. The molecule has 0 aliphatic heterocycles. The van der Waals surface area contributed by atoms with Gasteiger partial charge in [-0.05, 0) is 32.4 Å². The van der Waals surface area contributed by atoms with Gasteiger partial charge in [0.15, 0.2) is 0 Å². The third-order valence-corrected chi connectivity index (χ3v) is 2.96. The van der Waals surface area contributed by atoms with Crippen LogP contribution in [0.1, 0.15) is 16.7 Å². The molecule has 0 bridgehead atoms. The van der Waals surface area contributed by atoms with Crippen molar-refractivity contribution in [2.24, 2.45) is 0 Å². The highest BCUT2D eigenvalue weighted by Gasteiger charge is 2.15. The Balaban J connectivity index is 2.58. The van der Waals surface area contributed by atoms with Crippen molar-refractivity contribution in [3.05, 3.63) is 35.0 Å². The molecular formula is C14H17N2O2+. The molecule has 2 rings (SSSR count). The van der Waals surface area contributed by atoms with E-state index in [4.69, 9.17) is 0 Å². The number of ether oxygens (including phenoxy) is 1. The molecule has 0 amide bonds. The Hall–Kier alpha value is -1.97. The van der Waals surface area contributed by atoms with Gasteiger partial charge in [-0.25, -0.2) is 4.79 Å². The fourth-order valence-electron chi connectivity index (χ4n) is 2.12. The highest BCUT2D eigenvalue weighted by Crippen LogP contribution is 2.19. The first-order valence-corrected chi connectivity index (χ1v) is 5.86. The number of aromatic nitrogens is 2. The Morgan fingerprint density at radius 3 is 2.67 bits per heavy atom. The van der Waals surface area contributed by atoms with Gasteiger partial charge >= 0.3 is 5.97 Å². The molecule has 0 spiro atoms. The van der Waals surface area contributed by atoms with E-state index in [0.29, 0.717) is 0 Å². The summed E-state index contributed by atoms with van der Waals surface area (Å²) in [7, 11) is 1.38. The van der Waals surface area contributed by atoms with Crippen LogP contribution in [0.2, 0.25) is 0 Å². The van der Waals surface area contributed by atoms with Crippen LogP contribution in [-0.4, -0.2) is 18.2 Å². The zero-order valence-electron chi connectivity index (χ0n) is 11.2. The first-order chi connectivity index (χ1) is 8.51. The molecule has 2 aromatic rings. The third-order valence-electron chi connectivity index (χ3n) is 2.96. The van der Waals surface area contributed by atoms with Gasteiger partial charge in [-0.15, -0.1) is 0 Å². The molecule has 0 aliphatic carbocycles. The summed E-state index contributed by atoms with van der Waals surface area (Å²) in [4.78, 5) is 11.3. The molecule has 4 nitrogen and oxygen atoms in total. The van der Waals surface area contributed by atoms with Gasteiger partial charge in [-0.1, -0.05) is 16.3 Å². The van der Waals surface area contributed by atoms with Gasteiger partial charge in [0.2, 0.25) is 6.20 Å². The average molecular weight is 245 g/mol. The number of hydrogen-bond donors (Lipinski definition) is 0. The number of rotatable bonds is 2. The second kappa shape index (κ2) is 4.72. The lowest BCUT2D eigenvalue weighted by Gasteiger charge is -2.04. The summed E-state index contributed by atoms with van der Waals surface area (Å²) in [6.45, 7) is 6.27. The molecule has 18 heavy (non-hydrogen) atoms. The van der Waals surface area contributed by atoms with Gasteiger partial charge in [-0.3, -0.25) is 0 Å². The number of aryl methyl sites for hydroxylation is 3. The van der Waals surface area contributed by atoms with Crippen LogP contribution in [0.25, 0.3) is 10.9 Å². The van der Waals surface area contributed by atoms with E-state index in [0.717, 1.165) is 22.0 Å². The van der Waals surface area contributed by atoms with Crippen molar-refractivity contribution >= 4 is 16.9 Å². The maximum atomic E-state index is 11.3.